The van der Waals surface area contributed by atoms with Gasteiger partial charge < -0.3 is 10.2 Å². The van der Waals surface area contributed by atoms with Crippen LogP contribution < -0.4 is 10.2 Å². The van der Waals surface area contributed by atoms with E-state index in [0.29, 0.717) is 6.54 Å². The maximum Gasteiger partial charge on any atom is 0.138 e. The Morgan fingerprint density at radius 2 is 2.03 bits per heavy atom. The average Bonchev–Trinajstić information content (AvgIpc) is 2.77. The van der Waals surface area contributed by atoms with Crippen molar-refractivity contribution in [2.45, 2.75) is 0 Å². The number of halogens is 2. The van der Waals surface area contributed by atoms with Gasteiger partial charge in [-0.15, -0.1) is 0 Å². The minimum Gasteiger partial charge on any atom is -0.380 e. The van der Waals surface area contributed by atoms with Crippen LogP contribution in [0.2, 0.25) is 0 Å². The van der Waals surface area contributed by atoms with Crippen molar-refractivity contribution in [3.05, 3.63) is 99.7 Å². The van der Waals surface area contributed by atoms with Gasteiger partial charge in [-0.3, -0.25) is 4.98 Å². The number of para-hydroxylation sites is 1. The zero-order chi connectivity index (χ0) is 20.4. The third-order valence-electron chi connectivity index (χ3n) is 5.03. The van der Waals surface area contributed by atoms with Crippen LogP contribution in [0.3, 0.4) is 0 Å². The van der Waals surface area contributed by atoms with Crippen LogP contribution in [0.25, 0.3) is 11.3 Å². The van der Waals surface area contributed by atoms with E-state index in [1.807, 2.05) is 54.4 Å². The van der Waals surface area contributed by atoms with Crippen LogP contribution in [-0.2, 0) is 0 Å². The summed E-state index contributed by atoms with van der Waals surface area (Å²) in [6.45, 7) is 5.01. The van der Waals surface area contributed by atoms with Gasteiger partial charge in [0.05, 0.1) is 11.4 Å². The molecule has 4 rings (SSSR count). The zero-order valence-electron chi connectivity index (χ0n) is 16.1. The molecule has 0 atom stereocenters. The first-order valence-corrected chi connectivity index (χ1v) is 11.8. The van der Waals surface area contributed by atoms with E-state index in [1.54, 1.807) is 12.3 Å². The van der Waals surface area contributed by atoms with Gasteiger partial charge in [-0.25, -0.2) is 4.39 Å². The van der Waals surface area contributed by atoms with Gasteiger partial charge in [0.25, 0.3) is 0 Å². The maximum atomic E-state index is 14.3. The summed E-state index contributed by atoms with van der Waals surface area (Å²) in [7, 11) is 1.91. The monoisotopic (exact) mass is 497 g/mol. The molecule has 1 aliphatic rings. The van der Waals surface area contributed by atoms with E-state index in [2.05, 4.69) is 33.5 Å². The third kappa shape index (κ3) is 3.74. The molecule has 5 heteroatoms. The van der Waals surface area contributed by atoms with Crippen LogP contribution in [0.1, 0.15) is 16.8 Å². The molecule has 0 unspecified atom stereocenters. The van der Waals surface area contributed by atoms with Crippen molar-refractivity contribution >= 4 is 47.9 Å². The van der Waals surface area contributed by atoms with Crippen molar-refractivity contribution in [1.82, 2.24) is 4.98 Å². The lowest BCUT2D eigenvalue weighted by Crippen LogP contribution is -2.18. The van der Waals surface area contributed by atoms with Crippen molar-refractivity contribution in [3.63, 3.8) is 0 Å². The Labute approximate surface area is 180 Å². The highest BCUT2D eigenvalue weighted by Gasteiger charge is 2.20. The lowest BCUT2D eigenvalue weighted by atomic mass is 9.93. The fraction of sp³-hybridized carbons (Fsp3) is 0.0833. The molecular formula is C24H21FIN3. The molecule has 1 aromatic heterocycles. The summed E-state index contributed by atoms with van der Waals surface area (Å²) >= 11 is -0.528. The summed E-state index contributed by atoms with van der Waals surface area (Å²) in [5.74, 6) is -0.196. The second-order valence-electron chi connectivity index (χ2n) is 6.68. The molecule has 0 spiro atoms. The van der Waals surface area contributed by atoms with Crippen molar-refractivity contribution in [1.29, 1.82) is 0 Å². The summed E-state index contributed by atoms with van der Waals surface area (Å²) < 4.78 is 18.9. The molecule has 1 aliphatic heterocycles. The Balaban J connectivity index is 1.72. The van der Waals surface area contributed by atoms with Gasteiger partial charge in [0.15, 0.2) is 0 Å². The zero-order valence-corrected chi connectivity index (χ0v) is 18.3. The van der Waals surface area contributed by atoms with Gasteiger partial charge in [-0.1, -0.05) is 62.2 Å². The van der Waals surface area contributed by atoms with Crippen LogP contribution in [0.5, 0.6) is 0 Å². The van der Waals surface area contributed by atoms with E-state index in [9.17, 15) is 4.39 Å². The molecule has 3 nitrogen and oxygen atoms in total. The van der Waals surface area contributed by atoms with Crippen LogP contribution in [0, 0.1) is 9.39 Å². The fourth-order valence-electron chi connectivity index (χ4n) is 3.48. The highest BCUT2D eigenvalue weighted by molar-refractivity contribution is 14.2. The summed E-state index contributed by atoms with van der Waals surface area (Å²) in [5, 5.41) is 3.48. The standard InChI is InChI=1S/C24H21FIN3/c1-16(29(3)17-10-11-22(26-2)21(25)15-17)18-7-6-8-20-19(12-14-28-24(18)20)23-9-4-5-13-27-23/h4-13,15,28H,1-2,14H2,3H3. The number of hydrogen-bond acceptors (Lipinski definition) is 3. The Morgan fingerprint density at radius 3 is 2.76 bits per heavy atom. The Kier molecular flexibility index (Phi) is 5.58. The number of pyridine rings is 1. The van der Waals surface area contributed by atoms with Gasteiger partial charge in [0.2, 0.25) is 0 Å². The van der Waals surface area contributed by atoms with Gasteiger partial charge in [-0.2, -0.15) is 0 Å². The normalized spacial score (nSPS) is 12.6. The lowest BCUT2D eigenvalue weighted by Gasteiger charge is -2.27. The maximum absolute atomic E-state index is 14.3. The predicted molar refractivity (Wildman–Crippen MR) is 130 cm³/mol. The summed E-state index contributed by atoms with van der Waals surface area (Å²) in [6.07, 6.45) is 3.96. The van der Waals surface area contributed by atoms with Crippen molar-refractivity contribution in [3.8, 4) is 0 Å². The molecular weight excluding hydrogens is 476 g/mol. The van der Waals surface area contributed by atoms with Crippen molar-refractivity contribution in [2.75, 3.05) is 23.8 Å². The average molecular weight is 497 g/mol. The first kappa shape index (κ1) is 19.5. The van der Waals surface area contributed by atoms with Crippen LogP contribution in [-0.4, -0.2) is 23.1 Å². The molecule has 1 N–H and O–H groups in total. The van der Waals surface area contributed by atoms with Crippen LogP contribution >= 0.6 is 20.7 Å². The topological polar surface area (TPSA) is 28.2 Å². The molecule has 146 valence electrons. The minimum atomic E-state index is -0.528. The fourth-order valence-corrected chi connectivity index (χ4v) is 4.43. The molecule has 0 saturated heterocycles. The number of hydrogen-bond donors (Lipinski definition) is 1. The van der Waals surface area contributed by atoms with E-state index in [4.69, 9.17) is 0 Å². The summed E-state index contributed by atoms with van der Waals surface area (Å²) in [5.41, 5.74) is 6.71. The van der Waals surface area contributed by atoms with Crippen molar-refractivity contribution < 1.29 is 4.39 Å². The number of nitrogens with zero attached hydrogens (tertiary/aromatic N) is 2. The van der Waals surface area contributed by atoms with E-state index < -0.39 is 20.7 Å². The highest BCUT2D eigenvalue weighted by atomic mass is 127. The quantitative estimate of drug-likeness (QED) is 0.455. The first-order chi connectivity index (χ1) is 14.1. The number of aromatic nitrogens is 1. The number of benzene rings is 2. The van der Waals surface area contributed by atoms with E-state index in [1.165, 1.54) is 0 Å². The molecule has 0 aliphatic carbocycles. The lowest BCUT2D eigenvalue weighted by molar-refractivity contribution is 0.620. The van der Waals surface area contributed by atoms with Crippen molar-refractivity contribution in [2.24, 2.45) is 0 Å². The van der Waals surface area contributed by atoms with E-state index in [0.717, 1.165) is 43.0 Å². The number of rotatable bonds is 5. The third-order valence-corrected chi connectivity index (χ3v) is 6.73. The van der Waals surface area contributed by atoms with Gasteiger partial charge in [-0.05, 0) is 30.3 Å². The highest BCUT2D eigenvalue weighted by Crippen LogP contribution is 2.38. The molecule has 3 aromatic rings. The SMILES string of the molecule is C=Ic1ccc(N(C)C(=C)c2cccc3c2NCC=C3c2ccccn2)cc1F. The van der Waals surface area contributed by atoms with E-state index >= 15 is 0 Å². The molecule has 2 heterocycles. The molecule has 0 amide bonds. The van der Waals surface area contributed by atoms with Gasteiger partial charge >= 0.3 is 0 Å². The molecule has 0 radical (unpaired) electrons. The Hall–Kier alpha value is -2.80. The first-order valence-electron chi connectivity index (χ1n) is 9.20. The molecule has 0 saturated carbocycles. The molecule has 29 heavy (non-hydrogen) atoms. The van der Waals surface area contributed by atoms with Gasteiger partial charge in [0, 0.05) is 51.4 Å². The summed E-state index contributed by atoms with van der Waals surface area (Å²) in [6, 6.07) is 17.4. The van der Waals surface area contributed by atoms with E-state index in [-0.39, 0.29) is 5.82 Å². The molecule has 2 aromatic carbocycles. The predicted octanol–water partition coefficient (Wildman–Crippen LogP) is 5.76. The van der Waals surface area contributed by atoms with Crippen LogP contribution in [0.4, 0.5) is 15.8 Å². The Bertz CT molecular complexity index is 1120. The smallest absolute Gasteiger partial charge is 0.138 e. The Morgan fingerprint density at radius 1 is 1.17 bits per heavy atom. The number of fused-ring (bicyclic) bond motifs is 1. The second-order valence-corrected chi connectivity index (χ2v) is 8.60. The van der Waals surface area contributed by atoms with Crippen LogP contribution in [0.15, 0.2) is 73.4 Å². The number of anilines is 2. The second kappa shape index (κ2) is 8.29. The molecule has 0 bridgehead atoms. The summed E-state index contributed by atoms with van der Waals surface area (Å²) in [4.78, 5) is 6.43. The van der Waals surface area contributed by atoms with Gasteiger partial charge in [0.1, 0.15) is 5.82 Å². The number of nitrogens with one attached hydrogen (secondary N) is 1. The minimum absolute atomic E-state index is 0.196. The largest absolute Gasteiger partial charge is 0.380 e. The molecule has 0 fully saturated rings.